The summed E-state index contributed by atoms with van der Waals surface area (Å²) in [5.74, 6) is -0.248. The zero-order chi connectivity index (χ0) is 13.3. The van der Waals surface area contributed by atoms with Crippen LogP contribution in [0.25, 0.3) is 0 Å². The van der Waals surface area contributed by atoms with Crippen molar-refractivity contribution in [2.24, 2.45) is 0 Å². The summed E-state index contributed by atoms with van der Waals surface area (Å²) in [5.41, 5.74) is 2.59. The summed E-state index contributed by atoms with van der Waals surface area (Å²) in [7, 11) is 1.81. The molecule has 2 rings (SSSR count). The highest BCUT2D eigenvalue weighted by molar-refractivity contribution is 7.20. The van der Waals surface area contributed by atoms with Crippen LogP contribution in [0, 0.1) is 12.7 Å². The van der Waals surface area contributed by atoms with Crippen molar-refractivity contribution < 1.29 is 4.39 Å². The van der Waals surface area contributed by atoms with E-state index in [-0.39, 0.29) is 11.9 Å². The minimum Gasteiger partial charge on any atom is -0.309 e. The van der Waals surface area contributed by atoms with Gasteiger partial charge in [0.1, 0.15) is 5.82 Å². The second kappa shape index (κ2) is 5.57. The van der Waals surface area contributed by atoms with E-state index in [9.17, 15) is 4.39 Å². The van der Waals surface area contributed by atoms with Crippen molar-refractivity contribution in [1.82, 2.24) is 5.32 Å². The third kappa shape index (κ3) is 2.86. The molecule has 1 aromatic heterocycles. The van der Waals surface area contributed by atoms with Crippen molar-refractivity contribution in [3.8, 4) is 0 Å². The zero-order valence-electron chi connectivity index (χ0n) is 9.93. The Labute approximate surface area is 120 Å². The van der Waals surface area contributed by atoms with Crippen LogP contribution in [0.1, 0.15) is 22.7 Å². The lowest BCUT2D eigenvalue weighted by molar-refractivity contribution is 0.615. The minimum absolute atomic E-state index is 0.157. The van der Waals surface area contributed by atoms with Gasteiger partial charge in [-0.15, -0.1) is 11.3 Å². The van der Waals surface area contributed by atoms with Crippen LogP contribution in [-0.2, 0) is 0 Å². The van der Waals surface area contributed by atoms with Gasteiger partial charge in [-0.05, 0) is 43.3 Å². The van der Waals surface area contributed by atoms with E-state index < -0.39 is 0 Å². The van der Waals surface area contributed by atoms with E-state index in [1.54, 1.807) is 0 Å². The van der Waals surface area contributed by atoms with E-state index in [4.69, 9.17) is 23.2 Å². The summed E-state index contributed by atoms with van der Waals surface area (Å²) >= 11 is 13.4. The molecular weight excluding hydrogens is 292 g/mol. The molecule has 18 heavy (non-hydrogen) atoms. The number of hydrogen-bond donors (Lipinski definition) is 1. The van der Waals surface area contributed by atoms with Gasteiger partial charge in [-0.1, -0.05) is 29.3 Å². The Hall–Kier alpha value is -0.610. The maximum atomic E-state index is 13.5. The average molecular weight is 304 g/mol. The number of nitrogens with one attached hydrogen (secondary N) is 1. The first-order valence-electron chi connectivity index (χ1n) is 5.40. The van der Waals surface area contributed by atoms with Crippen molar-refractivity contribution >= 4 is 34.5 Å². The Balaban J connectivity index is 2.48. The SMILES string of the molecule is CNC(c1cc(C)cc(F)c1)c1cc(Cl)sc1Cl. The predicted octanol–water partition coefficient (Wildman–Crippen LogP) is 4.81. The van der Waals surface area contributed by atoms with Crippen molar-refractivity contribution in [1.29, 1.82) is 0 Å². The fraction of sp³-hybridized carbons (Fsp3) is 0.231. The van der Waals surface area contributed by atoms with E-state index in [1.165, 1.54) is 23.5 Å². The smallest absolute Gasteiger partial charge is 0.123 e. The molecule has 2 aromatic rings. The molecular formula is C13H12Cl2FNS. The van der Waals surface area contributed by atoms with Gasteiger partial charge in [-0.2, -0.15) is 0 Å². The van der Waals surface area contributed by atoms with E-state index >= 15 is 0 Å². The van der Waals surface area contributed by atoms with Crippen LogP contribution in [0.5, 0.6) is 0 Å². The highest BCUT2D eigenvalue weighted by atomic mass is 35.5. The molecule has 0 saturated carbocycles. The Morgan fingerprint density at radius 3 is 2.44 bits per heavy atom. The van der Waals surface area contributed by atoms with E-state index in [0.717, 1.165) is 16.7 Å². The molecule has 1 nitrogen and oxygen atoms in total. The van der Waals surface area contributed by atoms with Gasteiger partial charge in [0.25, 0.3) is 0 Å². The average Bonchev–Trinajstić information content (AvgIpc) is 2.58. The van der Waals surface area contributed by atoms with Crippen LogP contribution in [-0.4, -0.2) is 7.05 Å². The summed E-state index contributed by atoms with van der Waals surface area (Å²) < 4.78 is 14.7. The van der Waals surface area contributed by atoms with E-state index in [2.05, 4.69) is 5.32 Å². The second-order valence-electron chi connectivity index (χ2n) is 4.06. The first kappa shape index (κ1) is 13.8. The number of hydrogen-bond acceptors (Lipinski definition) is 2. The van der Waals surface area contributed by atoms with Crippen molar-refractivity contribution in [3.63, 3.8) is 0 Å². The number of rotatable bonds is 3. The molecule has 1 atom stereocenters. The molecule has 0 aliphatic rings. The zero-order valence-corrected chi connectivity index (χ0v) is 12.3. The van der Waals surface area contributed by atoms with Gasteiger partial charge in [-0.3, -0.25) is 0 Å². The van der Waals surface area contributed by atoms with Crippen molar-refractivity contribution in [2.45, 2.75) is 13.0 Å². The Morgan fingerprint density at radius 1 is 1.22 bits per heavy atom. The molecule has 0 aliphatic heterocycles. The van der Waals surface area contributed by atoms with Gasteiger partial charge < -0.3 is 5.32 Å². The topological polar surface area (TPSA) is 12.0 Å². The molecule has 0 spiro atoms. The molecule has 0 saturated heterocycles. The van der Waals surface area contributed by atoms with E-state index in [1.807, 2.05) is 26.1 Å². The van der Waals surface area contributed by atoms with Gasteiger partial charge >= 0.3 is 0 Å². The van der Waals surface area contributed by atoms with Gasteiger partial charge in [0.05, 0.1) is 14.7 Å². The molecule has 1 N–H and O–H groups in total. The minimum atomic E-state index is -0.248. The molecule has 0 aliphatic carbocycles. The molecule has 0 radical (unpaired) electrons. The third-order valence-electron chi connectivity index (χ3n) is 2.68. The summed E-state index contributed by atoms with van der Waals surface area (Å²) in [4.78, 5) is 0. The lowest BCUT2D eigenvalue weighted by atomic mass is 9.99. The summed E-state index contributed by atoms with van der Waals surface area (Å²) in [6, 6.07) is 6.60. The van der Waals surface area contributed by atoms with Gasteiger partial charge in [0.2, 0.25) is 0 Å². The Morgan fingerprint density at radius 2 is 1.94 bits per heavy atom. The standard InChI is InChI=1S/C13H12Cl2FNS/c1-7-3-8(5-9(16)4-7)12(17-2)10-6-11(14)18-13(10)15/h3-6,12,17H,1-2H3. The first-order valence-corrected chi connectivity index (χ1v) is 6.97. The molecule has 5 heteroatoms. The summed E-state index contributed by atoms with van der Waals surface area (Å²) in [6.45, 7) is 1.86. The van der Waals surface area contributed by atoms with Gasteiger partial charge in [0.15, 0.2) is 0 Å². The molecule has 0 fully saturated rings. The molecule has 0 bridgehead atoms. The highest BCUT2D eigenvalue weighted by Gasteiger charge is 2.18. The van der Waals surface area contributed by atoms with Crippen molar-refractivity contribution in [3.05, 3.63) is 55.4 Å². The largest absolute Gasteiger partial charge is 0.309 e. The quantitative estimate of drug-likeness (QED) is 0.858. The normalized spacial score (nSPS) is 12.7. The van der Waals surface area contributed by atoms with Crippen LogP contribution in [0.4, 0.5) is 4.39 Å². The molecule has 0 amide bonds. The summed E-state index contributed by atoms with van der Waals surface area (Å²) in [6.07, 6.45) is 0. The Kier molecular flexibility index (Phi) is 4.28. The fourth-order valence-corrected chi connectivity index (χ4v) is 3.52. The summed E-state index contributed by atoms with van der Waals surface area (Å²) in [5, 5.41) is 3.14. The third-order valence-corrected chi connectivity index (χ3v) is 4.20. The molecule has 1 heterocycles. The van der Waals surface area contributed by atoms with E-state index in [0.29, 0.717) is 8.67 Å². The van der Waals surface area contributed by atoms with Gasteiger partial charge in [-0.25, -0.2) is 4.39 Å². The second-order valence-corrected chi connectivity index (χ2v) is 6.35. The fourth-order valence-electron chi connectivity index (χ4n) is 1.98. The highest BCUT2D eigenvalue weighted by Crippen LogP contribution is 2.37. The maximum Gasteiger partial charge on any atom is 0.123 e. The van der Waals surface area contributed by atoms with Crippen molar-refractivity contribution in [2.75, 3.05) is 7.05 Å². The van der Waals surface area contributed by atoms with Crippen LogP contribution in [0.2, 0.25) is 8.67 Å². The van der Waals surface area contributed by atoms with Gasteiger partial charge in [0, 0.05) is 5.56 Å². The lowest BCUT2D eigenvalue weighted by Crippen LogP contribution is -2.17. The number of halogens is 3. The molecule has 1 aromatic carbocycles. The Bertz CT molecular complexity index is 548. The number of aryl methyl sites for hydroxylation is 1. The van der Waals surface area contributed by atoms with Crippen LogP contribution < -0.4 is 5.32 Å². The van der Waals surface area contributed by atoms with Crippen LogP contribution >= 0.6 is 34.5 Å². The lowest BCUT2D eigenvalue weighted by Gasteiger charge is -2.17. The maximum absolute atomic E-state index is 13.5. The van der Waals surface area contributed by atoms with Crippen LogP contribution in [0.15, 0.2) is 24.3 Å². The predicted molar refractivity (Wildman–Crippen MR) is 76.4 cm³/mol. The monoisotopic (exact) mass is 303 g/mol. The molecule has 1 unspecified atom stereocenters. The number of benzene rings is 1. The first-order chi connectivity index (χ1) is 8.51. The van der Waals surface area contributed by atoms with Crippen LogP contribution in [0.3, 0.4) is 0 Å². The molecule has 96 valence electrons. The number of thiophene rings is 1.